The van der Waals surface area contributed by atoms with Crippen LogP contribution in [0.1, 0.15) is 0 Å². The van der Waals surface area contributed by atoms with Crippen molar-refractivity contribution in [2.75, 3.05) is 14.2 Å². The van der Waals surface area contributed by atoms with E-state index >= 15 is 0 Å². The molecular formula is C4H11N2O3P. The van der Waals surface area contributed by atoms with Crippen LogP contribution >= 0.6 is 8.09 Å². The molecule has 0 aromatic heterocycles. The molecule has 0 aromatic carbocycles. The summed E-state index contributed by atoms with van der Waals surface area (Å²) in [6.07, 6.45) is 0. The molecule has 6 heteroatoms. The van der Waals surface area contributed by atoms with Crippen molar-refractivity contribution in [2.24, 2.45) is 0 Å². The first-order valence-corrected chi connectivity index (χ1v) is 4.51. The van der Waals surface area contributed by atoms with Crippen molar-refractivity contribution in [1.29, 1.82) is 0 Å². The summed E-state index contributed by atoms with van der Waals surface area (Å²) in [6, 6.07) is 0. The Kier molecular flexibility index (Phi) is 1.83. The fraction of sp³-hybridized carbons (Fsp3) is 0.500. The van der Waals surface area contributed by atoms with Crippen LogP contribution in [0.15, 0.2) is 12.4 Å². The van der Waals surface area contributed by atoms with E-state index in [1.54, 1.807) is 7.05 Å². The predicted octanol–water partition coefficient (Wildman–Crippen LogP) is -0.0272. The van der Waals surface area contributed by atoms with E-state index in [0.717, 1.165) is 0 Å². The molecule has 0 aliphatic carbocycles. The van der Waals surface area contributed by atoms with E-state index in [4.69, 9.17) is 9.15 Å². The molecule has 0 spiro atoms. The first-order chi connectivity index (χ1) is 4.57. The summed E-state index contributed by atoms with van der Waals surface area (Å²) in [5.74, 6) is 0.510. The van der Waals surface area contributed by atoms with Gasteiger partial charge in [0.25, 0.3) is 0 Å². The molecule has 0 unspecified atom stereocenters. The summed E-state index contributed by atoms with van der Waals surface area (Å²) in [7, 11) is -0.0911. The van der Waals surface area contributed by atoms with Gasteiger partial charge in [0.1, 0.15) is 0 Å². The third-order valence-electron chi connectivity index (χ3n) is 1.22. The average molecular weight is 166 g/mol. The molecule has 1 saturated heterocycles. The van der Waals surface area contributed by atoms with Crippen molar-refractivity contribution < 1.29 is 14.0 Å². The Balaban J connectivity index is 2.64. The summed E-state index contributed by atoms with van der Waals surface area (Å²) in [6.45, 7) is 3.56. The number of nitrogens with one attached hydrogen (secondary N) is 1. The van der Waals surface area contributed by atoms with Crippen molar-refractivity contribution >= 4 is 8.09 Å². The average Bonchev–Trinajstić information content (AvgIpc) is 2.10. The second kappa shape index (κ2) is 2.36. The minimum atomic E-state index is -3.11. The summed E-state index contributed by atoms with van der Waals surface area (Å²) in [4.78, 5) is 9.32. The van der Waals surface area contributed by atoms with Gasteiger partial charge >= 0.3 is 58.8 Å². The summed E-state index contributed by atoms with van der Waals surface area (Å²) in [5, 5.41) is 3.95. The van der Waals surface area contributed by atoms with E-state index in [2.05, 4.69) is 11.7 Å². The zero-order chi connectivity index (χ0) is 7.78. The van der Waals surface area contributed by atoms with Gasteiger partial charge in [-0.2, -0.15) is 0 Å². The molecule has 0 atom stereocenters. The SMILES string of the molecule is C=C1N[PH](O)(OC)ON1C. The summed E-state index contributed by atoms with van der Waals surface area (Å²) >= 11 is 0. The second-order valence-corrected chi connectivity index (χ2v) is 3.95. The van der Waals surface area contributed by atoms with Gasteiger partial charge in [-0.05, 0) is 0 Å². The first kappa shape index (κ1) is 7.75. The second-order valence-electron chi connectivity index (χ2n) is 1.95. The van der Waals surface area contributed by atoms with E-state index < -0.39 is 8.09 Å². The zero-order valence-corrected chi connectivity index (χ0v) is 6.92. The van der Waals surface area contributed by atoms with Gasteiger partial charge in [-0.3, -0.25) is 0 Å². The van der Waals surface area contributed by atoms with Gasteiger partial charge in [0.05, 0.1) is 0 Å². The van der Waals surface area contributed by atoms with E-state index in [-0.39, 0.29) is 0 Å². The Labute approximate surface area is 59.8 Å². The fourth-order valence-electron chi connectivity index (χ4n) is 0.613. The van der Waals surface area contributed by atoms with Gasteiger partial charge in [0, 0.05) is 0 Å². The molecule has 1 rings (SSSR count). The van der Waals surface area contributed by atoms with Crippen molar-refractivity contribution in [3.8, 4) is 0 Å². The molecule has 5 nitrogen and oxygen atoms in total. The maximum atomic E-state index is 9.32. The number of nitrogens with zero attached hydrogens (tertiary/aromatic N) is 1. The number of hydrogen-bond acceptors (Lipinski definition) is 5. The number of hydrogen-bond donors (Lipinski definition) is 2. The van der Waals surface area contributed by atoms with E-state index in [1.807, 2.05) is 0 Å². The fourth-order valence-corrected chi connectivity index (χ4v) is 1.84. The molecule has 0 bridgehead atoms. The topological polar surface area (TPSA) is 54.0 Å². The number of hydroxylamine groups is 2. The van der Waals surface area contributed by atoms with Gasteiger partial charge in [0.15, 0.2) is 0 Å². The van der Waals surface area contributed by atoms with Crippen LogP contribution < -0.4 is 5.09 Å². The quantitative estimate of drug-likeness (QED) is 0.536. The molecule has 1 fully saturated rings. The molecule has 0 amide bonds. The first-order valence-electron chi connectivity index (χ1n) is 2.75. The molecule has 1 aliphatic heterocycles. The van der Waals surface area contributed by atoms with Crippen LogP contribution in [0.2, 0.25) is 0 Å². The normalized spacial score (nSPS) is 26.3. The molecule has 60 valence electrons. The van der Waals surface area contributed by atoms with Crippen LogP contribution in [-0.4, -0.2) is 24.1 Å². The third kappa shape index (κ3) is 1.22. The molecule has 1 aliphatic rings. The Morgan fingerprint density at radius 2 is 2.50 bits per heavy atom. The van der Waals surface area contributed by atoms with Crippen LogP contribution in [0.4, 0.5) is 0 Å². The minimum absolute atomic E-state index is 0.510. The molecular weight excluding hydrogens is 155 g/mol. The molecule has 0 radical (unpaired) electrons. The van der Waals surface area contributed by atoms with E-state index in [0.29, 0.717) is 5.82 Å². The maximum absolute atomic E-state index is 9.32. The van der Waals surface area contributed by atoms with Crippen LogP contribution in [0.25, 0.3) is 0 Å². The predicted molar refractivity (Wildman–Crippen MR) is 38.7 cm³/mol. The van der Waals surface area contributed by atoms with Crippen molar-refractivity contribution in [2.45, 2.75) is 0 Å². The summed E-state index contributed by atoms with van der Waals surface area (Å²) in [5.41, 5.74) is 0. The Hall–Kier alpha value is -0.350. The van der Waals surface area contributed by atoms with Gasteiger partial charge in [-0.25, -0.2) is 0 Å². The Morgan fingerprint density at radius 3 is 2.70 bits per heavy atom. The van der Waals surface area contributed by atoms with E-state index in [1.165, 1.54) is 12.2 Å². The van der Waals surface area contributed by atoms with Crippen molar-refractivity contribution in [3.63, 3.8) is 0 Å². The standard InChI is InChI=1S/C4H11N2O3P/c1-4-5-10(7,8-3)9-6(4)2/h5,7,10H,1H2,2-3H3. The number of rotatable bonds is 1. The van der Waals surface area contributed by atoms with Gasteiger partial charge in [0.2, 0.25) is 0 Å². The van der Waals surface area contributed by atoms with Crippen LogP contribution in [0.3, 0.4) is 0 Å². The Morgan fingerprint density at radius 1 is 1.90 bits per heavy atom. The van der Waals surface area contributed by atoms with Crippen molar-refractivity contribution in [1.82, 2.24) is 10.2 Å². The third-order valence-corrected chi connectivity index (χ3v) is 2.90. The molecule has 1 heterocycles. The monoisotopic (exact) mass is 166 g/mol. The molecule has 2 N–H and O–H groups in total. The molecule has 0 aromatic rings. The Bertz CT molecular complexity index is 165. The van der Waals surface area contributed by atoms with Crippen molar-refractivity contribution in [3.05, 3.63) is 12.4 Å². The van der Waals surface area contributed by atoms with Gasteiger partial charge < -0.3 is 0 Å². The zero-order valence-electron chi connectivity index (χ0n) is 5.92. The van der Waals surface area contributed by atoms with Gasteiger partial charge in [-0.15, -0.1) is 0 Å². The van der Waals surface area contributed by atoms with E-state index in [9.17, 15) is 4.89 Å². The molecule has 10 heavy (non-hydrogen) atoms. The van der Waals surface area contributed by atoms with Crippen LogP contribution in [0.5, 0.6) is 0 Å². The van der Waals surface area contributed by atoms with Crippen LogP contribution in [-0.2, 0) is 9.15 Å². The molecule has 0 saturated carbocycles. The van der Waals surface area contributed by atoms with Crippen LogP contribution in [0, 0.1) is 0 Å². The summed E-state index contributed by atoms with van der Waals surface area (Å²) < 4.78 is 9.60. The van der Waals surface area contributed by atoms with Gasteiger partial charge in [-0.1, -0.05) is 0 Å².